The van der Waals surface area contributed by atoms with Crippen LogP contribution in [-0.2, 0) is 0 Å². The molecule has 2 unspecified atom stereocenters. The highest BCUT2D eigenvalue weighted by Crippen LogP contribution is 2.04. The molecule has 0 saturated carbocycles. The fourth-order valence-corrected chi connectivity index (χ4v) is 1.62. The van der Waals surface area contributed by atoms with Gasteiger partial charge in [-0.25, -0.2) is 0 Å². The number of hydrogen-bond donors (Lipinski definition) is 2. The van der Waals surface area contributed by atoms with Gasteiger partial charge in [-0.2, -0.15) is 0 Å². The lowest BCUT2D eigenvalue weighted by atomic mass is 10.1. The lowest BCUT2D eigenvalue weighted by Gasteiger charge is -2.30. The highest BCUT2D eigenvalue weighted by molar-refractivity contribution is 4.82. The van der Waals surface area contributed by atoms with Crippen LogP contribution in [0.15, 0.2) is 0 Å². The maximum Gasteiger partial charge on any atom is 0.0193 e. The predicted octanol–water partition coefficient (Wildman–Crippen LogP) is 1.33. The average Bonchev–Trinajstić information content (AvgIpc) is 2.15. The van der Waals surface area contributed by atoms with Crippen LogP contribution in [0.3, 0.4) is 0 Å². The Hall–Kier alpha value is -0.0800. The fraction of sp³-hybridized carbons (Fsp3) is 0.900. The first-order valence-electron chi connectivity index (χ1n) is 5.12. The van der Waals surface area contributed by atoms with Crippen LogP contribution in [0, 0.1) is 6.92 Å². The minimum absolute atomic E-state index is 0.600. The summed E-state index contributed by atoms with van der Waals surface area (Å²) >= 11 is 0. The summed E-state index contributed by atoms with van der Waals surface area (Å²) in [4.78, 5) is 0. The highest BCUT2D eigenvalue weighted by atomic mass is 15.1. The number of piperazine rings is 1. The standard InChI is InChI=1S/C10H21N2/c1-3-5-6-10-8-11-9(4-2)7-12-10/h9-12H,2-8H2,1H3. The summed E-state index contributed by atoms with van der Waals surface area (Å²) in [6.07, 6.45) is 4.95. The zero-order valence-electron chi connectivity index (χ0n) is 8.10. The van der Waals surface area contributed by atoms with Gasteiger partial charge in [-0.1, -0.05) is 26.7 Å². The van der Waals surface area contributed by atoms with Crippen molar-refractivity contribution in [3.63, 3.8) is 0 Å². The molecule has 2 N–H and O–H groups in total. The zero-order valence-corrected chi connectivity index (χ0v) is 8.10. The van der Waals surface area contributed by atoms with E-state index in [1.807, 2.05) is 0 Å². The topological polar surface area (TPSA) is 24.1 Å². The predicted molar refractivity (Wildman–Crippen MR) is 53.1 cm³/mol. The van der Waals surface area contributed by atoms with Crippen molar-refractivity contribution in [1.82, 2.24) is 10.6 Å². The third-order valence-corrected chi connectivity index (χ3v) is 2.56. The molecule has 1 heterocycles. The van der Waals surface area contributed by atoms with Gasteiger partial charge in [0.1, 0.15) is 0 Å². The molecule has 1 aliphatic heterocycles. The molecule has 0 aromatic rings. The Labute approximate surface area is 76.1 Å². The summed E-state index contributed by atoms with van der Waals surface area (Å²) in [7, 11) is 0. The van der Waals surface area contributed by atoms with Crippen molar-refractivity contribution in [3.8, 4) is 0 Å². The van der Waals surface area contributed by atoms with Crippen molar-refractivity contribution in [2.24, 2.45) is 0 Å². The quantitative estimate of drug-likeness (QED) is 0.663. The van der Waals surface area contributed by atoms with E-state index in [1.54, 1.807) is 0 Å². The zero-order chi connectivity index (χ0) is 8.81. The van der Waals surface area contributed by atoms with Crippen LogP contribution in [-0.4, -0.2) is 25.2 Å². The summed E-state index contributed by atoms with van der Waals surface area (Å²) in [6.45, 7) is 8.36. The summed E-state index contributed by atoms with van der Waals surface area (Å²) in [5.41, 5.74) is 0. The van der Waals surface area contributed by atoms with E-state index < -0.39 is 0 Å². The second kappa shape index (κ2) is 5.55. The normalized spacial score (nSPS) is 30.5. The molecule has 1 radical (unpaired) electrons. The van der Waals surface area contributed by atoms with Crippen molar-refractivity contribution in [1.29, 1.82) is 0 Å². The minimum atomic E-state index is 0.600. The van der Waals surface area contributed by atoms with Gasteiger partial charge >= 0.3 is 0 Å². The fourth-order valence-electron chi connectivity index (χ4n) is 1.62. The maximum absolute atomic E-state index is 3.89. The SMILES string of the molecule is [CH2]CC1CNC(CCCC)CN1. The molecule has 71 valence electrons. The number of hydrogen-bond acceptors (Lipinski definition) is 2. The van der Waals surface area contributed by atoms with Crippen LogP contribution in [0.1, 0.15) is 32.6 Å². The molecular weight excluding hydrogens is 148 g/mol. The summed E-state index contributed by atoms with van der Waals surface area (Å²) in [5.74, 6) is 0. The molecule has 12 heavy (non-hydrogen) atoms. The van der Waals surface area contributed by atoms with Gasteiger partial charge in [0.2, 0.25) is 0 Å². The van der Waals surface area contributed by atoms with E-state index in [4.69, 9.17) is 0 Å². The van der Waals surface area contributed by atoms with Crippen LogP contribution in [0.25, 0.3) is 0 Å². The van der Waals surface area contributed by atoms with E-state index in [0.29, 0.717) is 12.1 Å². The van der Waals surface area contributed by atoms with Gasteiger partial charge < -0.3 is 10.6 Å². The van der Waals surface area contributed by atoms with Crippen LogP contribution in [0.4, 0.5) is 0 Å². The summed E-state index contributed by atoms with van der Waals surface area (Å²) < 4.78 is 0. The molecule has 0 aliphatic carbocycles. The van der Waals surface area contributed by atoms with E-state index in [9.17, 15) is 0 Å². The Morgan fingerprint density at radius 2 is 1.92 bits per heavy atom. The lowest BCUT2D eigenvalue weighted by molar-refractivity contribution is 0.329. The molecule has 1 saturated heterocycles. The Morgan fingerprint density at radius 3 is 2.42 bits per heavy atom. The van der Waals surface area contributed by atoms with E-state index in [1.165, 1.54) is 19.3 Å². The molecular formula is C10H21N2. The van der Waals surface area contributed by atoms with Crippen LogP contribution in [0.2, 0.25) is 0 Å². The average molecular weight is 169 g/mol. The van der Waals surface area contributed by atoms with Gasteiger partial charge in [0.25, 0.3) is 0 Å². The van der Waals surface area contributed by atoms with Gasteiger partial charge in [-0.15, -0.1) is 0 Å². The van der Waals surface area contributed by atoms with Crippen molar-refractivity contribution in [2.45, 2.75) is 44.7 Å². The molecule has 2 heteroatoms. The monoisotopic (exact) mass is 169 g/mol. The van der Waals surface area contributed by atoms with Crippen molar-refractivity contribution >= 4 is 0 Å². The molecule has 1 fully saturated rings. The van der Waals surface area contributed by atoms with Crippen molar-refractivity contribution < 1.29 is 0 Å². The van der Waals surface area contributed by atoms with Gasteiger partial charge in [0.15, 0.2) is 0 Å². The van der Waals surface area contributed by atoms with E-state index in [2.05, 4.69) is 24.5 Å². The molecule has 0 aromatic carbocycles. The van der Waals surface area contributed by atoms with Crippen LogP contribution >= 0.6 is 0 Å². The third kappa shape index (κ3) is 3.11. The molecule has 0 amide bonds. The van der Waals surface area contributed by atoms with Gasteiger partial charge in [-0.05, 0) is 12.8 Å². The summed E-state index contributed by atoms with van der Waals surface area (Å²) in [5, 5.41) is 7.06. The summed E-state index contributed by atoms with van der Waals surface area (Å²) in [6, 6.07) is 1.30. The van der Waals surface area contributed by atoms with E-state index >= 15 is 0 Å². The van der Waals surface area contributed by atoms with Crippen molar-refractivity contribution in [2.75, 3.05) is 13.1 Å². The second-order valence-electron chi connectivity index (χ2n) is 3.64. The molecule has 0 bridgehead atoms. The Balaban J connectivity index is 2.09. The number of nitrogens with one attached hydrogen (secondary N) is 2. The maximum atomic E-state index is 3.89. The minimum Gasteiger partial charge on any atom is -0.311 e. The molecule has 1 rings (SSSR count). The molecule has 2 atom stereocenters. The van der Waals surface area contributed by atoms with E-state index in [-0.39, 0.29) is 0 Å². The number of rotatable bonds is 4. The van der Waals surface area contributed by atoms with Crippen LogP contribution in [0.5, 0.6) is 0 Å². The smallest absolute Gasteiger partial charge is 0.0193 e. The first kappa shape index (κ1) is 10.0. The highest BCUT2D eigenvalue weighted by Gasteiger charge is 2.17. The molecule has 1 aliphatic rings. The Bertz CT molecular complexity index is 106. The Morgan fingerprint density at radius 1 is 1.25 bits per heavy atom. The second-order valence-corrected chi connectivity index (χ2v) is 3.64. The van der Waals surface area contributed by atoms with E-state index in [0.717, 1.165) is 19.5 Å². The first-order valence-corrected chi connectivity index (χ1v) is 5.12. The van der Waals surface area contributed by atoms with Gasteiger partial charge in [-0.3, -0.25) is 0 Å². The van der Waals surface area contributed by atoms with Crippen LogP contribution < -0.4 is 10.6 Å². The Kier molecular flexibility index (Phi) is 4.62. The third-order valence-electron chi connectivity index (χ3n) is 2.56. The van der Waals surface area contributed by atoms with Gasteiger partial charge in [0.05, 0.1) is 0 Å². The number of unbranched alkanes of at least 4 members (excludes halogenated alkanes) is 1. The van der Waals surface area contributed by atoms with Crippen molar-refractivity contribution in [3.05, 3.63) is 6.92 Å². The van der Waals surface area contributed by atoms with Gasteiger partial charge in [0, 0.05) is 25.2 Å². The largest absolute Gasteiger partial charge is 0.311 e. The lowest BCUT2D eigenvalue weighted by Crippen LogP contribution is -2.53. The molecule has 2 nitrogen and oxygen atoms in total. The first-order chi connectivity index (χ1) is 5.86. The molecule has 0 aromatic heterocycles. The molecule has 0 spiro atoms.